The van der Waals surface area contributed by atoms with E-state index in [1.165, 1.54) is 0 Å². The van der Waals surface area contributed by atoms with Gasteiger partial charge in [0, 0.05) is 29.4 Å². The number of ether oxygens (including phenoxy) is 2. The number of carbonyl (C=O) groups is 1. The molecule has 0 saturated carbocycles. The Hall–Kier alpha value is -0.876. The van der Waals surface area contributed by atoms with Crippen LogP contribution in [0.4, 0.5) is 4.79 Å². The van der Waals surface area contributed by atoms with Gasteiger partial charge in [-0.1, -0.05) is 48.9 Å². The van der Waals surface area contributed by atoms with Crippen LogP contribution in [0.1, 0.15) is 34.6 Å². The molecule has 0 fully saturated rings. The molecule has 9 heteroatoms. The van der Waals surface area contributed by atoms with Crippen molar-refractivity contribution in [2.75, 3.05) is 20.2 Å². The molecular weight excluding hydrogens is 482 g/mol. The molecule has 0 saturated heterocycles. The summed E-state index contributed by atoms with van der Waals surface area (Å²) in [5, 5.41) is 0. The van der Waals surface area contributed by atoms with Gasteiger partial charge in [-0.15, -0.1) is 0 Å². The molecule has 1 aromatic carbocycles. The molecule has 30 heavy (non-hydrogen) atoms. The highest BCUT2D eigenvalue weighted by Gasteiger charge is 2.40. The fourth-order valence-electron chi connectivity index (χ4n) is 2.97. The number of amides is 1. The predicted octanol–water partition coefficient (Wildman–Crippen LogP) is 3.96. The van der Waals surface area contributed by atoms with E-state index in [-0.39, 0.29) is 23.7 Å². The maximum atomic E-state index is 12.6. The predicted molar refractivity (Wildman–Crippen MR) is 131 cm³/mol. The summed E-state index contributed by atoms with van der Waals surface area (Å²) in [7, 11) is 0.447. The van der Waals surface area contributed by atoms with Crippen LogP contribution in [0.25, 0.3) is 0 Å². The van der Waals surface area contributed by atoms with E-state index in [4.69, 9.17) is 18.3 Å². The summed E-state index contributed by atoms with van der Waals surface area (Å²) in [4.78, 5) is 14.2. The Morgan fingerprint density at radius 3 is 2.23 bits per heavy atom. The average Bonchev–Trinajstić information content (AvgIpc) is 2.63. The zero-order chi connectivity index (χ0) is 22.9. The Labute approximate surface area is 195 Å². The summed E-state index contributed by atoms with van der Waals surface area (Å²) in [6.45, 7) is 15.0. The Morgan fingerprint density at radius 1 is 1.13 bits per heavy atom. The van der Waals surface area contributed by atoms with Crippen LogP contribution in [0.15, 0.2) is 28.7 Å². The summed E-state index contributed by atoms with van der Waals surface area (Å²) in [5.74, 6) is 0.748. The summed E-state index contributed by atoms with van der Waals surface area (Å²) in [6, 6.07) is 7.76. The van der Waals surface area contributed by atoms with Crippen molar-refractivity contribution >= 4 is 41.5 Å². The molecule has 0 bridgehead atoms. The van der Waals surface area contributed by atoms with Crippen molar-refractivity contribution in [1.29, 1.82) is 0 Å². The molecule has 0 N–H and O–H groups in total. The van der Waals surface area contributed by atoms with E-state index in [2.05, 4.69) is 42.9 Å². The molecule has 1 amide bonds. The van der Waals surface area contributed by atoms with Crippen LogP contribution < -0.4 is 4.74 Å². The number of hydrogen-bond donors (Lipinski definition) is 0. The standard InChI is InChI=1S/C21H38BrNO5Si2/c1-20(2,3)26-19(24)23(6)13-15(14-25-17-11-9-10-16(22)12-17)21(4,5)18(27-29-7)28-30-8/h9-12,15,18H,13-14,29-30H2,1-8H3. The second kappa shape index (κ2) is 12.2. The SMILES string of the molecule is C[SiH2]OC(O[SiH2]C)C(C)(C)C(COc1cccc(Br)c1)CN(C)C(=O)OC(C)(C)C. The van der Waals surface area contributed by atoms with E-state index in [1.807, 2.05) is 45.0 Å². The molecule has 1 atom stereocenters. The third-order valence-corrected chi connectivity index (χ3v) is 6.51. The molecular formula is C21H38BrNO5Si2. The Kier molecular flexibility index (Phi) is 11.1. The largest absolute Gasteiger partial charge is 0.493 e. The van der Waals surface area contributed by atoms with Gasteiger partial charge in [0.25, 0.3) is 0 Å². The van der Waals surface area contributed by atoms with Gasteiger partial charge in [-0.3, -0.25) is 0 Å². The summed E-state index contributed by atoms with van der Waals surface area (Å²) < 4.78 is 24.8. The number of nitrogens with zero attached hydrogens (tertiary/aromatic N) is 1. The highest BCUT2D eigenvalue weighted by molar-refractivity contribution is 9.10. The van der Waals surface area contributed by atoms with Crippen molar-refractivity contribution in [3.05, 3.63) is 28.7 Å². The lowest BCUT2D eigenvalue weighted by Gasteiger charge is -2.42. The molecule has 1 rings (SSSR count). The molecule has 0 aliphatic rings. The summed E-state index contributed by atoms with van der Waals surface area (Å²) in [5.41, 5.74) is -0.895. The number of rotatable bonds is 11. The minimum absolute atomic E-state index is 0.0277. The summed E-state index contributed by atoms with van der Waals surface area (Å²) in [6.07, 6.45) is -0.646. The first-order valence-corrected chi connectivity index (χ1v) is 15.2. The third kappa shape index (κ3) is 9.09. The minimum atomic E-state index is -0.656. The first kappa shape index (κ1) is 27.2. The van der Waals surface area contributed by atoms with E-state index < -0.39 is 25.1 Å². The van der Waals surface area contributed by atoms with Gasteiger partial charge in [0.2, 0.25) is 0 Å². The van der Waals surface area contributed by atoms with Gasteiger partial charge in [0.1, 0.15) is 17.6 Å². The van der Waals surface area contributed by atoms with Crippen LogP contribution >= 0.6 is 15.9 Å². The zero-order valence-electron chi connectivity index (χ0n) is 19.7. The molecule has 1 unspecified atom stereocenters. The molecule has 0 heterocycles. The van der Waals surface area contributed by atoms with Crippen molar-refractivity contribution in [3.63, 3.8) is 0 Å². The fraction of sp³-hybridized carbons (Fsp3) is 0.667. The van der Waals surface area contributed by atoms with Crippen molar-refractivity contribution in [1.82, 2.24) is 4.90 Å². The third-order valence-electron chi connectivity index (χ3n) is 4.74. The lowest BCUT2D eigenvalue weighted by atomic mass is 9.78. The van der Waals surface area contributed by atoms with E-state index >= 15 is 0 Å². The first-order valence-electron chi connectivity index (χ1n) is 10.5. The van der Waals surface area contributed by atoms with Gasteiger partial charge < -0.3 is 23.2 Å². The monoisotopic (exact) mass is 519 g/mol. The van der Waals surface area contributed by atoms with Gasteiger partial charge in [0.05, 0.1) is 6.61 Å². The highest BCUT2D eigenvalue weighted by Crippen LogP contribution is 2.35. The molecule has 1 aromatic rings. The van der Waals surface area contributed by atoms with Crippen molar-refractivity contribution in [3.8, 4) is 5.75 Å². The highest BCUT2D eigenvalue weighted by atomic mass is 79.9. The molecule has 172 valence electrons. The fourth-order valence-corrected chi connectivity index (χ4v) is 5.20. The van der Waals surface area contributed by atoms with Crippen molar-refractivity contribution in [2.45, 2.75) is 59.6 Å². The second-order valence-electron chi connectivity index (χ2n) is 8.89. The van der Waals surface area contributed by atoms with Crippen LogP contribution in [0.5, 0.6) is 5.75 Å². The number of halogens is 1. The lowest BCUT2D eigenvalue weighted by molar-refractivity contribution is -0.115. The van der Waals surface area contributed by atoms with Crippen molar-refractivity contribution in [2.24, 2.45) is 11.3 Å². The Bertz CT molecular complexity index is 663. The smallest absolute Gasteiger partial charge is 0.410 e. The molecule has 6 nitrogen and oxygen atoms in total. The van der Waals surface area contributed by atoms with E-state index in [9.17, 15) is 4.79 Å². The van der Waals surface area contributed by atoms with Gasteiger partial charge >= 0.3 is 6.09 Å². The van der Waals surface area contributed by atoms with Crippen LogP contribution in [0, 0.1) is 11.3 Å². The van der Waals surface area contributed by atoms with E-state index in [0.29, 0.717) is 13.2 Å². The van der Waals surface area contributed by atoms with Crippen LogP contribution in [-0.4, -0.2) is 62.6 Å². The number of hydrogen-bond acceptors (Lipinski definition) is 5. The lowest BCUT2D eigenvalue weighted by Crippen LogP contribution is -2.49. The Balaban J connectivity index is 3.05. The quantitative estimate of drug-likeness (QED) is 0.327. The maximum Gasteiger partial charge on any atom is 0.410 e. The maximum absolute atomic E-state index is 12.6. The van der Waals surface area contributed by atoms with Gasteiger partial charge in [0.15, 0.2) is 19.5 Å². The van der Waals surface area contributed by atoms with Crippen LogP contribution in [0.2, 0.25) is 13.1 Å². The first-order chi connectivity index (χ1) is 13.9. The number of benzene rings is 1. The van der Waals surface area contributed by atoms with E-state index in [1.54, 1.807) is 11.9 Å². The minimum Gasteiger partial charge on any atom is -0.493 e. The van der Waals surface area contributed by atoms with Gasteiger partial charge in [-0.05, 0) is 39.0 Å². The zero-order valence-corrected chi connectivity index (χ0v) is 24.1. The molecule has 0 aromatic heterocycles. The number of carbonyl (C=O) groups excluding carboxylic acids is 1. The molecule has 0 spiro atoms. The van der Waals surface area contributed by atoms with Crippen molar-refractivity contribution < 1.29 is 23.1 Å². The normalized spacial score (nSPS) is 15.0. The average molecular weight is 521 g/mol. The van der Waals surface area contributed by atoms with Gasteiger partial charge in [-0.2, -0.15) is 0 Å². The molecule has 0 aliphatic carbocycles. The van der Waals surface area contributed by atoms with Crippen LogP contribution in [-0.2, 0) is 13.6 Å². The van der Waals surface area contributed by atoms with E-state index in [0.717, 1.165) is 10.2 Å². The van der Waals surface area contributed by atoms with Gasteiger partial charge in [-0.25, -0.2) is 4.79 Å². The Morgan fingerprint density at radius 2 is 1.73 bits per heavy atom. The molecule has 0 radical (unpaired) electrons. The molecule has 0 aliphatic heterocycles. The topological polar surface area (TPSA) is 57.2 Å². The summed E-state index contributed by atoms with van der Waals surface area (Å²) >= 11 is 3.48. The van der Waals surface area contributed by atoms with Crippen LogP contribution in [0.3, 0.4) is 0 Å². The second-order valence-corrected chi connectivity index (χ2v) is 11.6.